The van der Waals surface area contributed by atoms with Crippen molar-refractivity contribution in [1.82, 2.24) is 10.6 Å². The van der Waals surface area contributed by atoms with E-state index >= 15 is 0 Å². The van der Waals surface area contributed by atoms with Crippen LogP contribution in [0.5, 0.6) is 0 Å². The van der Waals surface area contributed by atoms with Crippen molar-refractivity contribution in [2.45, 2.75) is 76.4 Å². The van der Waals surface area contributed by atoms with Crippen LogP contribution < -0.4 is 10.6 Å². The van der Waals surface area contributed by atoms with Crippen LogP contribution in [0, 0.1) is 11.8 Å². The molecule has 27 heavy (non-hydrogen) atoms. The molecule has 4 heteroatoms. The number of aryl methyl sites for hydroxylation is 1. The van der Waals surface area contributed by atoms with Gasteiger partial charge in [-0.25, -0.2) is 4.79 Å². The highest BCUT2D eigenvalue weighted by Crippen LogP contribution is 2.38. The lowest BCUT2D eigenvalue weighted by atomic mass is 9.74. The standard InChI is InChI=1S/C23H32N2O2/c1-16(7-8-17-5-3-2-4-6-17)24-20-12-9-18(10-13-20)19-11-14-21-22(15-19)27-23(26)25-21/h2-6,15-16,18-21,24H,7-14H2,1H3,(H,25,26)/t16-,18?,19?,20?,21?/m0/s1. The highest BCUT2D eigenvalue weighted by atomic mass is 16.6. The van der Waals surface area contributed by atoms with Gasteiger partial charge in [0.15, 0.2) is 0 Å². The van der Waals surface area contributed by atoms with E-state index in [4.69, 9.17) is 4.74 Å². The monoisotopic (exact) mass is 368 g/mol. The van der Waals surface area contributed by atoms with Gasteiger partial charge in [0.05, 0.1) is 6.04 Å². The quantitative estimate of drug-likeness (QED) is 0.774. The number of fused-ring (bicyclic) bond motifs is 1. The van der Waals surface area contributed by atoms with E-state index in [2.05, 4.69) is 54.0 Å². The fraction of sp³-hybridized carbons (Fsp3) is 0.609. The summed E-state index contributed by atoms with van der Waals surface area (Å²) in [5.41, 5.74) is 1.43. The Morgan fingerprint density at radius 1 is 1.11 bits per heavy atom. The third-order valence-electron chi connectivity index (χ3n) is 6.62. The van der Waals surface area contributed by atoms with Gasteiger partial charge in [-0.2, -0.15) is 0 Å². The first-order valence-corrected chi connectivity index (χ1v) is 10.7. The van der Waals surface area contributed by atoms with Crippen molar-refractivity contribution in [2.75, 3.05) is 0 Å². The Bertz CT molecular complexity index is 664. The molecule has 1 amide bonds. The molecule has 1 aromatic rings. The molecule has 4 rings (SSSR count). The molecular weight excluding hydrogens is 336 g/mol. The lowest BCUT2D eigenvalue weighted by molar-refractivity contribution is 0.190. The maximum atomic E-state index is 11.4. The number of allylic oxidation sites excluding steroid dienone is 1. The summed E-state index contributed by atoms with van der Waals surface area (Å²) >= 11 is 0. The minimum Gasteiger partial charge on any atom is -0.413 e. The van der Waals surface area contributed by atoms with Gasteiger partial charge in [-0.3, -0.25) is 0 Å². The number of hydrogen-bond acceptors (Lipinski definition) is 3. The lowest BCUT2D eigenvalue weighted by Crippen LogP contribution is -2.40. The Morgan fingerprint density at radius 2 is 1.89 bits per heavy atom. The minimum absolute atomic E-state index is 0.136. The SMILES string of the molecule is C[C@@H](CCc1ccccc1)NC1CCC(C2C=C3OC(=O)NC3CC2)CC1. The Hall–Kier alpha value is -1.81. The highest BCUT2D eigenvalue weighted by molar-refractivity contribution is 5.72. The van der Waals surface area contributed by atoms with Gasteiger partial charge in [0.25, 0.3) is 0 Å². The number of rotatable bonds is 6. The molecule has 2 aliphatic carbocycles. The number of amides is 1. The molecule has 146 valence electrons. The van der Waals surface area contributed by atoms with Crippen molar-refractivity contribution in [3.63, 3.8) is 0 Å². The zero-order valence-electron chi connectivity index (χ0n) is 16.3. The third-order valence-corrected chi connectivity index (χ3v) is 6.62. The smallest absolute Gasteiger partial charge is 0.412 e. The van der Waals surface area contributed by atoms with Crippen LogP contribution in [0.25, 0.3) is 0 Å². The topological polar surface area (TPSA) is 50.4 Å². The molecule has 1 saturated carbocycles. The first-order chi connectivity index (χ1) is 13.2. The largest absolute Gasteiger partial charge is 0.413 e. The van der Waals surface area contributed by atoms with E-state index in [0.717, 1.165) is 24.5 Å². The van der Waals surface area contributed by atoms with Crippen LogP contribution in [0.15, 0.2) is 42.2 Å². The molecule has 3 atom stereocenters. The van der Waals surface area contributed by atoms with Gasteiger partial charge >= 0.3 is 6.09 Å². The zero-order valence-corrected chi connectivity index (χ0v) is 16.3. The van der Waals surface area contributed by atoms with Crippen LogP contribution >= 0.6 is 0 Å². The molecule has 1 aliphatic heterocycles. The molecule has 0 bridgehead atoms. The van der Waals surface area contributed by atoms with Crippen LogP contribution in [-0.4, -0.2) is 24.2 Å². The maximum absolute atomic E-state index is 11.4. The van der Waals surface area contributed by atoms with E-state index in [0.29, 0.717) is 18.0 Å². The van der Waals surface area contributed by atoms with Gasteiger partial charge in [-0.15, -0.1) is 0 Å². The van der Waals surface area contributed by atoms with Crippen molar-refractivity contribution < 1.29 is 9.53 Å². The average molecular weight is 369 g/mol. The van der Waals surface area contributed by atoms with E-state index in [1.54, 1.807) is 0 Å². The second-order valence-corrected chi connectivity index (χ2v) is 8.60. The van der Waals surface area contributed by atoms with Crippen LogP contribution in [0.4, 0.5) is 4.79 Å². The molecule has 4 nitrogen and oxygen atoms in total. The number of hydrogen-bond donors (Lipinski definition) is 2. The zero-order chi connectivity index (χ0) is 18.6. The summed E-state index contributed by atoms with van der Waals surface area (Å²) in [6.07, 6.45) is 11.6. The maximum Gasteiger partial charge on any atom is 0.412 e. The first kappa shape index (κ1) is 18.5. The second kappa shape index (κ2) is 8.47. The van der Waals surface area contributed by atoms with Gasteiger partial charge in [-0.05, 0) is 81.8 Å². The van der Waals surface area contributed by atoms with Gasteiger partial charge in [-0.1, -0.05) is 30.3 Å². The third kappa shape index (κ3) is 4.73. The number of carbonyl (C=O) groups is 1. The fourth-order valence-corrected chi connectivity index (χ4v) is 5.04. The van der Waals surface area contributed by atoms with Gasteiger partial charge in [0, 0.05) is 12.1 Å². The molecular formula is C23H32N2O2. The summed E-state index contributed by atoms with van der Waals surface area (Å²) in [4.78, 5) is 11.4. The minimum atomic E-state index is -0.274. The number of alkyl carbamates (subject to hydrolysis) is 1. The molecule has 1 saturated heterocycles. The van der Waals surface area contributed by atoms with E-state index in [1.165, 1.54) is 44.1 Å². The molecule has 2 N–H and O–H groups in total. The summed E-state index contributed by atoms with van der Waals surface area (Å²) in [5.74, 6) is 2.21. The van der Waals surface area contributed by atoms with E-state index in [1.807, 2.05) is 0 Å². The second-order valence-electron chi connectivity index (χ2n) is 8.60. The van der Waals surface area contributed by atoms with Crippen LogP contribution in [0.1, 0.15) is 57.4 Å². The van der Waals surface area contributed by atoms with Crippen LogP contribution in [-0.2, 0) is 11.2 Å². The Balaban J connectivity index is 1.20. The summed E-state index contributed by atoms with van der Waals surface area (Å²) in [7, 11) is 0. The molecule has 2 fully saturated rings. The summed E-state index contributed by atoms with van der Waals surface area (Å²) in [6.45, 7) is 2.32. The molecule has 0 spiro atoms. The fourth-order valence-electron chi connectivity index (χ4n) is 5.04. The highest BCUT2D eigenvalue weighted by Gasteiger charge is 2.36. The predicted molar refractivity (Wildman–Crippen MR) is 107 cm³/mol. The molecule has 0 aromatic heterocycles. The molecule has 1 heterocycles. The molecule has 1 aromatic carbocycles. The summed E-state index contributed by atoms with van der Waals surface area (Å²) < 4.78 is 5.32. The number of benzene rings is 1. The molecule has 0 radical (unpaired) electrons. The number of ether oxygens (including phenoxy) is 1. The molecule has 2 unspecified atom stereocenters. The van der Waals surface area contributed by atoms with Crippen LogP contribution in [0.2, 0.25) is 0 Å². The predicted octanol–water partition coefficient (Wildman–Crippen LogP) is 4.56. The van der Waals surface area contributed by atoms with Crippen molar-refractivity contribution >= 4 is 6.09 Å². The number of nitrogens with one attached hydrogen (secondary N) is 2. The van der Waals surface area contributed by atoms with Gasteiger partial charge in [0.1, 0.15) is 5.76 Å². The lowest BCUT2D eigenvalue weighted by Gasteiger charge is -2.36. The Labute approximate surface area is 162 Å². The Morgan fingerprint density at radius 3 is 2.67 bits per heavy atom. The van der Waals surface area contributed by atoms with E-state index in [9.17, 15) is 4.79 Å². The summed E-state index contributed by atoms with van der Waals surface area (Å²) in [5, 5.41) is 6.75. The normalized spacial score (nSPS) is 31.4. The van der Waals surface area contributed by atoms with Gasteiger partial charge < -0.3 is 15.4 Å². The van der Waals surface area contributed by atoms with Crippen molar-refractivity contribution in [2.24, 2.45) is 11.8 Å². The van der Waals surface area contributed by atoms with Crippen molar-refractivity contribution in [3.8, 4) is 0 Å². The average Bonchev–Trinajstić information content (AvgIpc) is 3.07. The van der Waals surface area contributed by atoms with E-state index in [-0.39, 0.29) is 12.1 Å². The van der Waals surface area contributed by atoms with Crippen LogP contribution in [0.3, 0.4) is 0 Å². The molecule has 3 aliphatic rings. The van der Waals surface area contributed by atoms with Gasteiger partial charge in [0.2, 0.25) is 0 Å². The first-order valence-electron chi connectivity index (χ1n) is 10.7. The van der Waals surface area contributed by atoms with E-state index < -0.39 is 0 Å². The summed E-state index contributed by atoms with van der Waals surface area (Å²) in [6, 6.07) is 12.1. The number of carbonyl (C=O) groups excluding carboxylic acids is 1. The Kier molecular flexibility index (Phi) is 5.82. The van der Waals surface area contributed by atoms with Crippen molar-refractivity contribution in [3.05, 3.63) is 47.7 Å². The van der Waals surface area contributed by atoms with Crippen molar-refractivity contribution in [1.29, 1.82) is 0 Å².